The van der Waals surface area contributed by atoms with E-state index in [1.807, 2.05) is 0 Å². The second-order valence-electron chi connectivity index (χ2n) is 1.15. The molecule has 0 saturated carbocycles. The van der Waals surface area contributed by atoms with Gasteiger partial charge in [0.15, 0.2) is 0 Å². The number of aliphatic carboxylic acids is 2. The number of hydrogen-bond donors (Lipinski definition) is 0. The molecule has 8 heteroatoms. The SMILES string of the molecule is O=C([O-])C(F)(F)C(=O)[O-].[Na+].[Na+]. The molecule has 4 nitrogen and oxygen atoms in total. The van der Waals surface area contributed by atoms with Gasteiger partial charge in [-0.3, -0.25) is 0 Å². The van der Waals surface area contributed by atoms with Crippen molar-refractivity contribution in [2.24, 2.45) is 0 Å². The molecule has 0 aromatic carbocycles. The summed E-state index contributed by atoms with van der Waals surface area (Å²) in [7, 11) is 0. The minimum absolute atomic E-state index is 0. The van der Waals surface area contributed by atoms with E-state index in [9.17, 15) is 28.6 Å². The van der Waals surface area contributed by atoms with Gasteiger partial charge in [0.05, 0.1) is 0 Å². The van der Waals surface area contributed by atoms with Crippen LogP contribution in [-0.4, -0.2) is 17.9 Å². The fraction of sp³-hybridized carbons (Fsp3) is 0.333. The molecule has 0 aromatic heterocycles. The van der Waals surface area contributed by atoms with Crippen molar-refractivity contribution >= 4 is 11.9 Å². The third kappa shape index (κ3) is 5.10. The van der Waals surface area contributed by atoms with E-state index in [0.29, 0.717) is 0 Å². The van der Waals surface area contributed by atoms with Gasteiger partial charge in [-0.1, -0.05) is 0 Å². The maximum absolute atomic E-state index is 11.3. The molecule has 0 amide bonds. The Morgan fingerprint density at radius 2 is 1.18 bits per heavy atom. The summed E-state index contributed by atoms with van der Waals surface area (Å²) in [5.74, 6) is -10.8. The zero-order chi connectivity index (χ0) is 7.65. The van der Waals surface area contributed by atoms with Crippen LogP contribution < -0.4 is 69.3 Å². The average molecular weight is 184 g/mol. The van der Waals surface area contributed by atoms with Crippen LogP contribution in [0.2, 0.25) is 0 Å². The summed E-state index contributed by atoms with van der Waals surface area (Å²) >= 11 is 0. The fourth-order valence-corrected chi connectivity index (χ4v) is 0.0833. The first-order chi connectivity index (χ1) is 3.89. The maximum atomic E-state index is 11.3. The largest absolute Gasteiger partial charge is 1.00 e. The first kappa shape index (κ1) is 17.8. The van der Waals surface area contributed by atoms with E-state index >= 15 is 0 Å². The van der Waals surface area contributed by atoms with Gasteiger partial charge in [0, 0.05) is 0 Å². The van der Waals surface area contributed by atoms with Gasteiger partial charge in [-0.2, -0.15) is 8.78 Å². The topological polar surface area (TPSA) is 80.3 Å². The van der Waals surface area contributed by atoms with Crippen LogP contribution in [0.25, 0.3) is 0 Å². The molecule has 52 valence electrons. The molecule has 0 aliphatic rings. The summed E-state index contributed by atoms with van der Waals surface area (Å²) in [4.78, 5) is 18.4. The summed E-state index contributed by atoms with van der Waals surface area (Å²) in [6.45, 7) is 0. The standard InChI is InChI=1S/C3H2F2O4.2Na/c4-3(5,1(6)7)2(8)9;;/h(H,6,7)(H,8,9);;/q;2*+1/p-2. The van der Waals surface area contributed by atoms with E-state index in [0.717, 1.165) is 0 Å². The molecule has 0 aliphatic heterocycles. The average Bonchev–Trinajstić information content (AvgIpc) is 1.65. The van der Waals surface area contributed by atoms with Crippen LogP contribution in [0.4, 0.5) is 8.78 Å². The van der Waals surface area contributed by atoms with Gasteiger partial charge in [0.2, 0.25) is 0 Å². The van der Waals surface area contributed by atoms with E-state index in [4.69, 9.17) is 0 Å². The Morgan fingerprint density at radius 3 is 1.18 bits per heavy atom. The molecule has 0 unspecified atom stereocenters. The zero-order valence-corrected chi connectivity index (χ0v) is 9.89. The third-order valence-electron chi connectivity index (χ3n) is 0.513. The molecule has 0 fully saturated rings. The molecule has 11 heavy (non-hydrogen) atoms. The predicted octanol–water partition coefficient (Wildman–Crippen LogP) is -8.87. The van der Waals surface area contributed by atoms with Crippen molar-refractivity contribution in [1.29, 1.82) is 0 Å². The molecular weight excluding hydrogens is 184 g/mol. The van der Waals surface area contributed by atoms with Crippen LogP contribution in [0.15, 0.2) is 0 Å². The van der Waals surface area contributed by atoms with Gasteiger partial charge < -0.3 is 19.8 Å². The van der Waals surface area contributed by atoms with Crippen LogP contribution in [0.1, 0.15) is 0 Å². The third-order valence-corrected chi connectivity index (χ3v) is 0.513. The van der Waals surface area contributed by atoms with Crippen molar-refractivity contribution in [3.05, 3.63) is 0 Å². The van der Waals surface area contributed by atoms with Crippen molar-refractivity contribution < 1.29 is 87.7 Å². The molecule has 0 atom stereocenters. The van der Waals surface area contributed by atoms with Crippen molar-refractivity contribution in [3.8, 4) is 0 Å². The minimum Gasteiger partial charge on any atom is -0.544 e. The zero-order valence-electron chi connectivity index (χ0n) is 5.89. The van der Waals surface area contributed by atoms with E-state index in [1.54, 1.807) is 0 Å². The number of alkyl halides is 2. The molecule has 0 aliphatic carbocycles. The quantitative estimate of drug-likeness (QED) is 0.315. The first-order valence-corrected chi connectivity index (χ1v) is 1.69. The number of carboxylic acid groups (broad SMARTS) is 2. The van der Waals surface area contributed by atoms with Crippen molar-refractivity contribution in [2.75, 3.05) is 0 Å². The normalized spacial score (nSPS) is 8.91. The fourth-order valence-electron chi connectivity index (χ4n) is 0.0833. The van der Waals surface area contributed by atoms with E-state index in [-0.39, 0.29) is 59.1 Å². The minimum atomic E-state index is -4.89. The molecule has 0 N–H and O–H groups in total. The Morgan fingerprint density at radius 1 is 1.00 bits per heavy atom. The van der Waals surface area contributed by atoms with Crippen molar-refractivity contribution in [3.63, 3.8) is 0 Å². The number of rotatable bonds is 2. The van der Waals surface area contributed by atoms with Gasteiger partial charge in [0.1, 0.15) is 11.9 Å². The molecule has 0 spiro atoms. The van der Waals surface area contributed by atoms with Crippen molar-refractivity contribution in [1.82, 2.24) is 0 Å². The summed E-state index contributed by atoms with van der Waals surface area (Å²) in [5, 5.41) is 18.4. The molecule has 0 aromatic rings. The monoisotopic (exact) mass is 184 g/mol. The first-order valence-electron chi connectivity index (χ1n) is 1.69. The number of halogens is 2. The van der Waals surface area contributed by atoms with Crippen LogP contribution in [0, 0.1) is 0 Å². The van der Waals surface area contributed by atoms with Gasteiger partial charge in [-0.15, -0.1) is 0 Å². The Kier molecular flexibility index (Phi) is 10.2. The van der Waals surface area contributed by atoms with E-state index in [1.165, 1.54) is 0 Å². The summed E-state index contributed by atoms with van der Waals surface area (Å²) in [6, 6.07) is 0. The summed E-state index contributed by atoms with van der Waals surface area (Å²) in [6.07, 6.45) is 0. The Hall–Kier alpha value is 0.800. The Labute approximate surface area is 105 Å². The number of carbonyl (C=O) groups excluding carboxylic acids is 2. The van der Waals surface area contributed by atoms with Gasteiger partial charge in [0.25, 0.3) is 0 Å². The second-order valence-corrected chi connectivity index (χ2v) is 1.15. The van der Waals surface area contributed by atoms with Crippen molar-refractivity contribution in [2.45, 2.75) is 5.92 Å². The number of carboxylic acids is 2. The van der Waals surface area contributed by atoms with Gasteiger partial charge >= 0.3 is 65.0 Å². The van der Waals surface area contributed by atoms with Gasteiger partial charge in [-0.25, -0.2) is 0 Å². The van der Waals surface area contributed by atoms with Crippen LogP contribution in [-0.2, 0) is 9.59 Å². The van der Waals surface area contributed by atoms with E-state index in [2.05, 4.69) is 0 Å². The summed E-state index contributed by atoms with van der Waals surface area (Å²) < 4.78 is 22.7. The van der Waals surface area contributed by atoms with Gasteiger partial charge in [-0.05, 0) is 0 Å². The van der Waals surface area contributed by atoms with Crippen LogP contribution in [0.3, 0.4) is 0 Å². The second kappa shape index (κ2) is 6.33. The smallest absolute Gasteiger partial charge is 0.544 e. The number of hydrogen-bond acceptors (Lipinski definition) is 4. The summed E-state index contributed by atoms with van der Waals surface area (Å²) in [5.41, 5.74) is 0. The molecule has 0 saturated heterocycles. The predicted molar refractivity (Wildman–Crippen MR) is 15.0 cm³/mol. The maximum Gasteiger partial charge on any atom is 1.00 e. The molecule has 0 bridgehead atoms. The Bertz CT molecular complexity index is 143. The molecular formula is C3F2Na2O4. The van der Waals surface area contributed by atoms with E-state index < -0.39 is 17.9 Å². The molecule has 0 rings (SSSR count). The number of carbonyl (C=O) groups is 2. The van der Waals surface area contributed by atoms with Crippen LogP contribution >= 0.6 is 0 Å². The molecule has 0 heterocycles. The Balaban J connectivity index is -0.000000320. The van der Waals surface area contributed by atoms with Crippen LogP contribution in [0.5, 0.6) is 0 Å². The molecule has 0 radical (unpaired) electrons.